The van der Waals surface area contributed by atoms with Crippen molar-refractivity contribution in [2.24, 2.45) is 0 Å². The normalized spacial score (nSPS) is 6.00. The lowest BCUT2D eigenvalue weighted by molar-refractivity contribution is 1.33. The van der Waals surface area contributed by atoms with Crippen molar-refractivity contribution >= 4 is 13.5 Å². The lowest BCUT2D eigenvalue weighted by atomic mass is 10.5. The van der Waals surface area contributed by atoms with Crippen LogP contribution in [-0.4, -0.2) is 4.98 Å². The van der Waals surface area contributed by atoms with Crippen LogP contribution < -0.4 is 6.15 Å². The summed E-state index contributed by atoms with van der Waals surface area (Å²) in [5.41, 5.74) is 0. The first-order chi connectivity index (χ1) is 3.00. The van der Waals surface area contributed by atoms with Crippen molar-refractivity contribution in [2.45, 2.75) is 0 Å². The number of rotatable bonds is 0. The van der Waals surface area contributed by atoms with Gasteiger partial charge in [0, 0.05) is 12.4 Å². The van der Waals surface area contributed by atoms with Crippen LogP contribution in [0.1, 0.15) is 0 Å². The van der Waals surface area contributed by atoms with E-state index in [1.807, 2.05) is 18.2 Å². The minimum absolute atomic E-state index is 0. The molecule has 3 N–H and O–H groups in total. The highest BCUT2D eigenvalue weighted by atomic mass is 32.1. The van der Waals surface area contributed by atoms with Gasteiger partial charge in [0.05, 0.1) is 0 Å². The van der Waals surface area contributed by atoms with Crippen LogP contribution in [0.15, 0.2) is 30.6 Å². The fraction of sp³-hybridized carbons (Fsp3) is 0. The molecule has 0 amide bonds. The van der Waals surface area contributed by atoms with E-state index in [9.17, 15) is 0 Å². The number of pyridine rings is 1. The molecule has 1 heterocycles. The van der Waals surface area contributed by atoms with Crippen molar-refractivity contribution in [3.8, 4) is 0 Å². The Balaban J connectivity index is 0. The zero-order chi connectivity index (χ0) is 4.24. The van der Waals surface area contributed by atoms with Crippen LogP contribution in [0.3, 0.4) is 0 Å². The van der Waals surface area contributed by atoms with Crippen molar-refractivity contribution < 1.29 is 0 Å². The van der Waals surface area contributed by atoms with Crippen LogP contribution in [0, 0.1) is 0 Å². The summed E-state index contributed by atoms with van der Waals surface area (Å²) in [5, 5.41) is 0. The number of hydrogen-bond acceptors (Lipinski definition) is 2. The summed E-state index contributed by atoms with van der Waals surface area (Å²) < 4.78 is 0. The Morgan fingerprint density at radius 2 is 1.38 bits per heavy atom. The van der Waals surface area contributed by atoms with Crippen molar-refractivity contribution in [1.82, 2.24) is 11.1 Å². The van der Waals surface area contributed by atoms with Gasteiger partial charge in [0.2, 0.25) is 0 Å². The minimum atomic E-state index is 0. The Kier molecular flexibility index (Phi) is 8.43. The Morgan fingerprint density at radius 1 is 0.875 bits per heavy atom. The SMILES string of the molecule is N.S.c1ccncc1. The summed E-state index contributed by atoms with van der Waals surface area (Å²) in [5.74, 6) is 0. The summed E-state index contributed by atoms with van der Waals surface area (Å²) in [6.07, 6.45) is 3.50. The van der Waals surface area contributed by atoms with Crippen LogP contribution in [0.25, 0.3) is 0 Å². The Labute approximate surface area is 56.0 Å². The molecule has 0 fully saturated rings. The van der Waals surface area contributed by atoms with Crippen molar-refractivity contribution in [3.63, 3.8) is 0 Å². The molecule has 0 aromatic carbocycles. The van der Waals surface area contributed by atoms with Gasteiger partial charge in [-0.2, -0.15) is 13.5 Å². The van der Waals surface area contributed by atoms with Crippen molar-refractivity contribution in [3.05, 3.63) is 30.6 Å². The fourth-order valence-corrected chi connectivity index (χ4v) is 0.313. The van der Waals surface area contributed by atoms with Gasteiger partial charge in [0.1, 0.15) is 0 Å². The molecule has 0 atom stereocenters. The maximum atomic E-state index is 3.78. The molecular formula is C5H10N2S. The Bertz CT molecular complexity index is 82.4. The molecule has 0 aliphatic heterocycles. The van der Waals surface area contributed by atoms with Gasteiger partial charge in [-0.1, -0.05) is 6.07 Å². The predicted molar refractivity (Wildman–Crippen MR) is 39.6 cm³/mol. The van der Waals surface area contributed by atoms with E-state index in [2.05, 4.69) is 4.98 Å². The second-order valence-electron chi connectivity index (χ2n) is 1.02. The molecule has 0 bridgehead atoms. The predicted octanol–water partition coefficient (Wildman–Crippen LogP) is 1.36. The van der Waals surface area contributed by atoms with E-state index in [1.165, 1.54) is 0 Å². The Hall–Kier alpha value is -0.540. The van der Waals surface area contributed by atoms with E-state index in [0.29, 0.717) is 0 Å². The molecule has 8 heavy (non-hydrogen) atoms. The monoisotopic (exact) mass is 130 g/mol. The first kappa shape index (κ1) is 10.4. The van der Waals surface area contributed by atoms with E-state index >= 15 is 0 Å². The maximum absolute atomic E-state index is 3.78. The van der Waals surface area contributed by atoms with E-state index < -0.39 is 0 Å². The van der Waals surface area contributed by atoms with Crippen LogP contribution in [0.2, 0.25) is 0 Å². The number of hydrogen-bond donors (Lipinski definition) is 1. The van der Waals surface area contributed by atoms with Gasteiger partial charge < -0.3 is 6.15 Å². The van der Waals surface area contributed by atoms with Gasteiger partial charge in [-0.05, 0) is 12.1 Å². The largest absolute Gasteiger partial charge is 0.344 e. The molecule has 0 saturated carbocycles. The van der Waals surface area contributed by atoms with E-state index in [4.69, 9.17) is 0 Å². The molecule has 46 valence electrons. The average molecular weight is 130 g/mol. The Morgan fingerprint density at radius 3 is 1.50 bits per heavy atom. The van der Waals surface area contributed by atoms with Gasteiger partial charge >= 0.3 is 0 Å². The van der Waals surface area contributed by atoms with Crippen LogP contribution in [0.5, 0.6) is 0 Å². The minimum Gasteiger partial charge on any atom is -0.344 e. The topological polar surface area (TPSA) is 47.9 Å². The highest BCUT2D eigenvalue weighted by molar-refractivity contribution is 7.59. The fourth-order valence-electron chi connectivity index (χ4n) is 0.313. The van der Waals surface area contributed by atoms with Gasteiger partial charge in [0.15, 0.2) is 0 Å². The third-order valence-corrected chi connectivity index (χ3v) is 0.566. The summed E-state index contributed by atoms with van der Waals surface area (Å²) in [6.45, 7) is 0. The first-order valence-corrected chi connectivity index (χ1v) is 1.85. The molecule has 0 saturated heterocycles. The third kappa shape index (κ3) is 3.64. The maximum Gasteiger partial charge on any atom is 0.0267 e. The third-order valence-electron chi connectivity index (χ3n) is 0.566. The second-order valence-corrected chi connectivity index (χ2v) is 1.02. The molecule has 1 aromatic heterocycles. The quantitative estimate of drug-likeness (QED) is 0.576. The average Bonchev–Trinajstić information content (AvgIpc) is 1.72. The molecule has 3 heteroatoms. The molecule has 2 nitrogen and oxygen atoms in total. The van der Waals surface area contributed by atoms with Gasteiger partial charge in [-0.15, -0.1) is 0 Å². The molecule has 0 unspecified atom stereocenters. The van der Waals surface area contributed by atoms with Crippen LogP contribution in [0.4, 0.5) is 0 Å². The molecular weight excluding hydrogens is 120 g/mol. The lowest BCUT2D eigenvalue weighted by Gasteiger charge is -1.70. The summed E-state index contributed by atoms with van der Waals surface area (Å²) in [7, 11) is 0. The second kappa shape index (κ2) is 6.46. The van der Waals surface area contributed by atoms with E-state index in [-0.39, 0.29) is 19.6 Å². The molecule has 1 rings (SSSR count). The molecule has 0 radical (unpaired) electrons. The van der Waals surface area contributed by atoms with Crippen molar-refractivity contribution in [1.29, 1.82) is 0 Å². The molecule has 0 aliphatic rings. The molecule has 1 aromatic rings. The highest BCUT2D eigenvalue weighted by Crippen LogP contribution is 1.73. The molecule has 0 aliphatic carbocycles. The smallest absolute Gasteiger partial charge is 0.0267 e. The summed E-state index contributed by atoms with van der Waals surface area (Å²) in [6, 6.07) is 5.72. The van der Waals surface area contributed by atoms with E-state index in [1.54, 1.807) is 12.4 Å². The number of aromatic nitrogens is 1. The van der Waals surface area contributed by atoms with Crippen LogP contribution >= 0.6 is 13.5 Å². The van der Waals surface area contributed by atoms with Gasteiger partial charge in [0.25, 0.3) is 0 Å². The zero-order valence-corrected chi connectivity index (χ0v) is 5.54. The summed E-state index contributed by atoms with van der Waals surface area (Å²) >= 11 is 0. The van der Waals surface area contributed by atoms with E-state index in [0.717, 1.165) is 0 Å². The standard InChI is InChI=1S/C5H5N.H3N.H2S/c1-2-4-6-5-3-1;;/h1-5H;1H3;1H2. The van der Waals surface area contributed by atoms with Crippen molar-refractivity contribution in [2.75, 3.05) is 0 Å². The highest BCUT2D eigenvalue weighted by Gasteiger charge is 1.58. The lowest BCUT2D eigenvalue weighted by Crippen LogP contribution is -1.58. The first-order valence-electron chi connectivity index (χ1n) is 1.85. The number of nitrogens with zero attached hydrogens (tertiary/aromatic N) is 1. The summed E-state index contributed by atoms with van der Waals surface area (Å²) in [4.78, 5) is 3.78. The zero-order valence-electron chi connectivity index (χ0n) is 4.54. The van der Waals surface area contributed by atoms with Crippen LogP contribution in [-0.2, 0) is 0 Å². The van der Waals surface area contributed by atoms with Gasteiger partial charge in [-0.25, -0.2) is 0 Å². The molecule has 0 spiro atoms. The van der Waals surface area contributed by atoms with Gasteiger partial charge in [-0.3, -0.25) is 4.98 Å².